The van der Waals surface area contributed by atoms with Gasteiger partial charge in [0.2, 0.25) is 0 Å². The van der Waals surface area contributed by atoms with Crippen molar-refractivity contribution in [3.63, 3.8) is 0 Å². The highest BCUT2D eigenvalue weighted by atomic mass is 32.1. The molecule has 9 aromatic rings. The first kappa shape index (κ1) is 30.9. The van der Waals surface area contributed by atoms with Crippen LogP contribution in [0.4, 0.5) is 0 Å². The highest BCUT2D eigenvalue weighted by Crippen LogP contribution is 2.42. The van der Waals surface area contributed by atoms with E-state index in [1.807, 2.05) is 11.3 Å². The molecule has 1 aliphatic carbocycles. The van der Waals surface area contributed by atoms with Crippen molar-refractivity contribution in [1.29, 1.82) is 0 Å². The zero-order chi connectivity index (χ0) is 34.8. The summed E-state index contributed by atoms with van der Waals surface area (Å²) in [4.78, 5) is 1.40. The molecule has 6 aromatic carbocycles. The van der Waals surface area contributed by atoms with Gasteiger partial charge in [-0.3, -0.25) is 0 Å². The number of rotatable bonds is 6. The fraction of sp³-hybridized carbons (Fsp3) is 0.102. The number of allylic oxidation sites excluding steroid dienone is 2. The van der Waals surface area contributed by atoms with Crippen LogP contribution in [0.5, 0.6) is 0 Å². The molecule has 250 valence electrons. The van der Waals surface area contributed by atoms with Crippen LogP contribution in [0.1, 0.15) is 53.4 Å². The zero-order valence-electron chi connectivity index (χ0n) is 29.4. The van der Waals surface area contributed by atoms with Crippen LogP contribution in [-0.4, -0.2) is 9.13 Å². The zero-order valence-corrected chi connectivity index (χ0v) is 30.2. The maximum atomic E-state index is 2.48. The van der Waals surface area contributed by atoms with Crippen LogP contribution in [0.3, 0.4) is 0 Å². The van der Waals surface area contributed by atoms with Crippen molar-refractivity contribution in [3.8, 4) is 16.8 Å². The summed E-state index contributed by atoms with van der Waals surface area (Å²) in [6.45, 7) is 4.62. The van der Waals surface area contributed by atoms with Gasteiger partial charge in [-0.25, -0.2) is 0 Å². The van der Waals surface area contributed by atoms with Gasteiger partial charge in [0.15, 0.2) is 0 Å². The Labute approximate surface area is 308 Å². The van der Waals surface area contributed by atoms with Crippen LogP contribution in [0.15, 0.2) is 152 Å². The first-order valence-corrected chi connectivity index (χ1v) is 19.1. The molecule has 0 bridgehead atoms. The molecule has 3 heterocycles. The van der Waals surface area contributed by atoms with Gasteiger partial charge in [0.25, 0.3) is 0 Å². The Bertz CT molecular complexity index is 2860. The Hall–Kier alpha value is -5.90. The number of para-hydroxylation sites is 2. The molecule has 0 N–H and O–H groups in total. The summed E-state index contributed by atoms with van der Waals surface area (Å²) in [5.41, 5.74) is 14.1. The average Bonchev–Trinajstić information content (AvgIpc) is 3.85. The second kappa shape index (κ2) is 12.4. The van der Waals surface area contributed by atoms with E-state index in [0.717, 1.165) is 12.8 Å². The third-order valence-corrected chi connectivity index (χ3v) is 12.4. The average molecular weight is 687 g/mol. The molecule has 0 saturated heterocycles. The van der Waals surface area contributed by atoms with Gasteiger partial charge in [-0.1, -0.05) is 122 Å². The van der Waals surface area contributed by atoms with Gasteiger partial charge in [-0.2, -0.15) is 0 Å². The maximum absolute atomic E-state index is 2.48. The van der Waals surface area contributed by atoms with Gasteiger partial charge in [0.05, 0.1) is 16.6 Å². The molecule has 0 radical (unpaired) electrons. The molecular weight excluding hydrogens is 649 g/mol. The Balaban J connectivity index is 1.15. The van der Waals surface area contributed by atoms with E-state index in [-0.39, 0.29) is 5.92 Å². The number of nitrogens with zero attached hydrogens (tertiary/aromatic N) is 2. The van der Waals surface area contributed by atoms with Crippen molar-refractivity contribution in [2.45, 2.75) is 32.6 Å². The molecule has 52 heavy (non-hydrogen) atoms. The lowest BCUT2D eigenvalue weighted by Crippen LogP contribution is -2.02. The van der Waals surface area contributed by atoms with E-state index in [4.69, 9.17) is 0 Å². The molecule has 3 aromatic heterocycles. The van der Waals surface area contributed by atoms with Crippen molar-refractivity contribution < 1.29 is 0 Å². The maximum Gasteiger partial charge on any atom is 0.0543 e. The quantitative estimate of drug-likeness (QED) is 0.165. The summed E-state index contributed by atoms with van der Waals surface area (Å²) in [5, 5.41) is 5.18. The molecule has 3 heteroatoms. The normalized spacial score (nSPS) is 13.8. The lowest BCUT2D eigenvalue weighted by atomic mass is 9.95. The minimum Gasteiger partial charge on any atom is -0.313 e. The number of aromatic nitrogens is 2. The predicted molar refractivity (Wildman–Crippen MR) is 225 cm³/mol. The Morgan fingerprint density at radius 3 is 2.19 bits per heavy atom. The monoisotopic (exact) mass is 686 g/mol. The van der Waals surface area contributed by atoms with Gasteiger partial charge >= 0.3 is 0 Å². The molecule has 0 amide bonds. The molecule has 1 atom stereocenters. The lowest BCUT2D eigenvalue weighted by Gasteiger charge is -2.14. The first-order valence-electron chi connectivity index (χ1n) is 18.3. The number of hydrogen-bond acceptors (Lipinski definition) is 1. The van der Waals surface area contributed by atoms with Gasteiger partial charge in [-0.15, -0.1) is 11.3 Å². The number of hydrogen-bond donors (Lipinski definition) is 0. The fourth-order valence-electron chi connectivity index (χ4n) is 8.52. The molecule has 0 saturated carbocycles. The molecule has 0 fully saturated rings. The minimum atomic E-state index is 0.287. The topological polar surface area (TPSA) is 9.86 Å². The Morgan fingerprint density at radius 2 is 1.35 bits per heavy atom. The van der Waals surface area contributed by atoms with Crippen molar-refractivity contribution in [1.82, 2.24) is 9.13 Å². The largest absolute Gasteiger partial charge is 0.313 e. The van der Waals surface area contributed by atoms with Gasteiger partial charge in [-0.05, 0) is 90.6 Å². The second-order valence-corrected chi connectivity index (χ2v) is 15.2. The van der Waals surface area contributed by atoms with Crippen LogP contribution in [0.25, 0.3) is 77.5 Å². The molecule has 10 rings (SSSR count). The standard InChI is InChI=1S/C49H38N2S/c1-32(29-43-41-21-11-14-24-48(41)52-49(43)33(2)34-15-5-3-6-16-34)50-44-22-12-9-19-38(44)40-27-25-36(31-47(40)50)35-26-28-46-42(30-35)39-20-10-13-23-45(39)51(46)37-17-7-4-8-18-37/h3-12,14-22,24-31,33H,13,23H2,1-2H3/b32-29+. The van der Waals surface area contributed by atoms with Crippen LogP contribution >= 0.6 is 11.3 Å². The molecule has 0 spiro atoms. The Kier molecular flexibility index (Phi) is 7.37. The van der Waals surface area contributed by atoms with Gasteiger partial charge in [0, 0.05) is 59.7 Å². The summed E-state index contributed by atoms with van der Waals surface area (Å²) in [7, 11) is 0. The first-order chi connectivity index (χ1) is 25.6. The number of thiophene rings is 1. The second-order valence-electron chi connectivity index (χ2n) is 14.1. The molecule has 2 nitrogen and oxygen atoms in total. The third-order valence-electron chi connectivity index (χ3n) is 11.0. The van der Waals surface area contributed by atoms with E-state index in [1.54, 1.807) is 0 Å². The number of benzene rings is 6. The predicted octanol–water partition coefficient (Wildman–Crippen LogP) is 13.7. The van der Waals surface area contributed by atoms with Crippen molar-refractivity contribution in [2.75, 3.05) is 0 Å². The summed E-state index contributed by atoms with van der Waals surface area (Å²) in [6.07, 6.45) is 9.22. The minimum absolute atomic E-state index is 0.287. The summed E-state index contributed by atoms with van der Waals surface area (Å²) in [6, 6.07) is 53.5. The van der Waals surface area contributed by atoms with Crippen LogP contribution in [-0.2, 0) is 6.42 Å². The van der Waals surface area contributed by atoms with E-state index >= 15 is 0 Å². The third kappa shape index (κ3) is 4.92. The van der Waals surface area contributed by atoms with Crippen LogP contribution < -0.4 is 0 Å². The molecule has 1 unspecified atom stereocenters. The summed E-state index contributed by atoms with van der Waals surface area (Å²) >= 11 is 1.92. The highest BCUT2D eigenvalue weighted by molar-refractivity contribution is 7.19. The van der Waals surface area contributed by atoms with E-state index in [1.165, 1.54) is 92.6 Å². The summed E-state index contributed by atoms with van der Waals surface area (Å²) in [5.74, 6) is 0.287. The van der Waals surface area contributed by atoms with E-state index < -0.39 is 0 Å². The van der Waals surface area contributed by atoms with E-state index in [9.17, 15) is 0 Å². The summed E-state index contributed by atoms with van der Waals surface area (Å²) < 4.78 is 6.28. The van der Waals surface area contributed by atoms with Gasteiger partial charge in [0.1, 0.15) is 0 Å². The molecule has 0 aliphatic heterocycles. The Morgan fingerprint density at radius 1 is 0.654 bits per heavy atom. The fourth-order valence-corrected chi connectivity index (χ4v) is 9.79. The van der Waals surface area contributed by atoms with Crippen LogP contribution in [0.2, 0.25) is 0 Å². The van der Waals surface area contributed by atoms with Crippen molar-refractivity contribution >= 4 is 72.0 Å². The van der Waals surface area contributed by atoms with E-state index in [2.05, 4.69) is 187 Å². The SMILES string of the molecule is C/C(=C\c1c(C(C)c2ccccc2)sc2ccccc12)n1c2ccccc2c2ccc(-c3ccc4c(c3)c3c(n4-c4ccccc4)CCC=C3)cc21. The van der Waals surface area contributed by atoms with Crippen molar-refractivity contribution in [2.24, 2.45) is 0 Å². The van der Waals surface area contributed by atoms with E-state index in [0.29, 0.717) is 0 Å². The van der Waals surface area contributed by atoms with Crippen LogP contribution in [0, 0.1) is 0 Å². The number of fused-ring (bicyclic) bond motifs is 7. The smallest absolute Gasteiger partial charge is 0.0543 e. The van der Waals surface area contributed by atoms with Gasteiger partial charge < -0.3 is 9.13 Å². The highest BCUT2D eigenvalue weighted by Gasteiger charge is 2.21. The molecular formula is C49H38N2S. The van der Waals surface area contributed by atoms with Crippen molar-refractivity contribution in [3.05, 3.63) is 179 Å². The molecule has 1 aliphatic rings. The lowest BCUT2D eigenvalue weighted by molar-refractivity contribution is 0.888.